The highest BCUT2D eigenvalue weighted by Crippen LogP contribution is 2.43. The van der Waals surface area contributed by atoms with Crippen LogP contribution in [0.5, 0.6) is 0 Å². The Kier molecular flexibility index (Phi) is 4.00. The smallest absolute Gasteiger partial charge is 0.226 e. The number of pyridine rings is 1. The molecule has 0 bridgehead atoms. The Labute approximate surface area is 150 Å². The first-order valence-corrected chi connectivity index (χ1v) is 9.53. The molecule has 6 heteroatoms. The zero-order chi connectivity index (χ0) is 16.8. The van der Waals surface area contributed by atoms with E-state index in [1.54, 1.807) is 0 Å². The second-order valence-corrected chi connectivity index (χ2v) is 8.07. The fourth-order valence-corrected chi connectivity index (χ4v) is 4.14. The van der Waals surface area contributed by atoms with Crippen LogP contribution in [0.15, 0.2) is 10.5 Å². The van der Waals surface area contributed by atoms with Crippen LogP contribution in [0.3, 0.4) is 0 Å². The number of hydrogen-bond acceptors (Lipinski definition) is 4. The van der Waals surface area contributed by atoms with Crippen LogP contribution >= 0.6 is 15.9 Å². The average molecular weight is 389 g/mol. The quantitative estimate of drug-likeness (QED) is 0.798. The number of piperazine rings is 1. The molecule has 1 atom stereocenters. The van der Waals surface area contributed by atoms with Crippen LogP contribution in [-0.4, -0.2) is 41.5 Å². The first-order valence-electron chi connectivity index (χ1n) is 8.74. The first kappa shape index (κ1) is 15.9. The lowest BCUT2D eigenvalue weighted by Crippen LogP contribution is -2.54. The Morgan fingerprint density at radius 2 is 2.08 bits per heavy atom. The molecule has 1 amide bonds. The van der Waals surface area contributed by atoms with Gasteiger partial charge in [0.05, 0.1) is 11.3 Å². The van der Waals surface area contributed by atoms with Crippen LogP contribution in [-0.2, 0) is 4.79 Å². The topological polar surface area (TPSA) is 60.2 Å². The van der Waals surface area contributed by atoms with E-state index in [4.69, 9.17) is 4.98 Å². The van der Waals surface area contributed by atoms with E-state index in [-0.39, 0.29) is 12.0 Å². The molecule has 3 fully saturated rings. The lowest BCUT2D eigenvalue weighted by Gasteiger charge is -2.41. The van der Waals surface area contributed by atoms with Crippen molar-refractivity contribution in [2.75, 3.05) is 24.5 Å². The van der Waals surface area contributed by atoms with Crippen molar-refractivity contribution in [2.45, 2.75) is 44.6 Å². The normalized spacial score (nSPS) is 24.0. The van der Waals surface area contributed by atoms with Crippen molar-refractivity contribution < 1.29 is 4.79 Å². The molecule has 5 nitrogen and oxygen atoms in total. The first-order chi connectivity index (χ1) is 11.6. The summed E-state index contributed by atoms with van der Waals surface area (Å²) >= 11 is 3.57. The Balaban J connectivity index is 1.57. The third-order valence-corrected chi connectivity index (χ3v) is 5.84. The molecular formula is C18H21BrN4O. The van der Waals surface area contributed by atoms with Crippen LogP contribution in [0.4, 0.5) is 5.82 Å². The number of carbonyl (C=O) groups is 1. The Morgan fingerprint density at radius 1 is 1.33 bits per heavy atom. The molecule has 4 rings (SSSR count). The van der Waals surface area contributed by atoms with Crippen molar-refractivity contribution in [3.8, 4) is 6.07 Å². The van der Waals surface area contributed by atoms with Gasteiger partial charge in [-0.1, -0.05) is 0 Å². The Hall–Kier alpha value is -1.61. The van der Waals surface area contributed by atoms with Crippen LogP contribution < -0.4 is 4.90 Å². The van der Waals surface area contributed by atoms with Crippen molar-refractivity contribution in [1.82, 2.24) is 9.88 Å². The third kappa shape index (κ3) is 2.90. The zero-order valence-corrected chi connectivity index (χ0v) is 15.4. The van der Waals surface area contributed by atoms with Crippen LogP contribution in [0.1, 0.15) is 49.8 Å². The van der Waals surface area contributed by atoms with Gasteiger partial charge in [0.1, 0.15) is 11.9 Å². The summed E-state index contributed by atoms with van der Waals surface area (Å²) in [5.74, 6) is 1.89. The molecule has 126 valence electrons. The molecule has 1 aromatic rings. The molecular weight excluding hydrogens is 368 g/mol. The highest BCUT2D eigenvalue weighted by Gasteiger charge is 2.38. The maximum absolute atomic E-state index is 12.4. The van der Waals surface area contributed by atoms with E-state index >= 15 is 0 Å². The van der Waals surface area contributed by atoms with Gasteiger partial charge in [0.15, 0.2) is 0 Å². The number of aromatic nitrogens is 1. The summed E-state index contributed by atoms with van der Waals surface area (Å²) in [7, 11) is 0. The molecule has 1 aromatic heterocycles. The third-order valence-electron chi connectivity index (χ3n) is 5.20. The molecule has 1 unspecified atom stereocenters. The molecule has 0 N–H and O–H groups in total. The highest BCUT2D eigenvalue weighted by atomic mass is 79.9. The maximum atomic E-state index is 12.4. The van der Waals surface area contributed by atoms with E-state index < -0.39 is 0 Å². The molecule has 2 heterocycles. The molecule has 0 aromatic carbocycles. The average Bonchev–Trinajstić information content (AvgIpc) is 3.46. The van der Waals surface area contributed by atoms with E-state index in [1.807, 2.05) is 11.0 Å². The van der Waals surface area contributed by atoms with Crippen LogP contribution in [0.25, 0.3) is 0 Å². The van der Waals surface area contributed by atoms with Gasteiger partial charge in [-0.25, -0.2) is 4.98 Å². The Morgan fingerprint density at radius 3 is 2.67 bits per heavy atom. The maximum Gasteiger partial charge on any atom is 0.226 e. The summed E-state index contributed by atoms with van der Waals surface area (Å²) in [4.78, 5) is 21.4. The fraction of sp³-hybridized carbons (Fsp3) is 0.611. The summed E-state index contributed by atoms with van der Waals surface area (Å²) in [5, 5.41) is 9.50. The van der Waals surface area contributed by atoms with Crippen LogP contribution in [0, 0.1) is 17.2 Å². The molecule has 3 aliphatic rings. The van der Waals surface area contributed by atoms with Crippen molar-refractivity contribution in [3.05, 3.63) is 21.8 Å². The van der Waals surface area contributed by atoms with Crippen molar-refractivity contribution in [1.29, 1.82) is 5.26 Å². The molecule has 2 aliphatic carbocycles. The van der Waals surface area contributed by atoms with E-state index in [2.05, 4.69) is 33.8 Å². The number of carbonyl (C=O) groups excluding carboxylic acids is 1. The number of halogens is 1. The minimum Gasteiger partial charge on any atom is -0.352 e. The number of anilines is 1. The number of rotatable bonds is 3. The zero-order valence-electron chi connectivity index (χ0n) is 13.8. The monoisotopic (exact) mass is 388 g/mol. The number of amides is 1. The van der Waals surface area contributed by atoms with Gasteiger partial charge in [-0.15, -0.1) is 0 Å². The predicted molar refractivity (Wildman–Crippen MR) is 94.7 cm³/mol. The van der Waals surface area contributed by atoms with E-state index in [0.717, 1.165) is 48.5 Å². The molecule has 0 radical (unpaired) electrons. The minimum absolute atomic E-state index is 0.160. The predicted octanol–water partition coefficient (Wildman–Crippen LogP) is 3.04. The number of nitriles is 1. The van der Waals surface area contributed by atoms with Gasteiger partial charge in [-0.05, 0) is 54.6 Å². The summed E-state index contributed by atoms with van der Waals surface area (Å²) in [6.45, 7) is 4.30. The lowest BCUT2D eigenvalue weighted by molar-refractivity contribution is -0.134. The summed E-state index contributed by atoms with van der Waals surface area (Å²) < 4.78 is 0.945. The van der Waals surface area contributed by atoms with Gasteiger partial charge >= 0.3 is 0 Å². The standard InChI is InChI=1S/C18H21BrN4O/c1-11-10-22(6-7-23(11)18(24)13-4-5-13)17-14(9-20)8-15(19)16(21-17)12-2-3-12/h8,11-13H,2-7,10H2,1H3. The molecule has 24 heavy (non-hydrogen) atoms. The van der Waals surface area contributed by atoms with Gasteiger partial charge in [-0.3, -0.25) is 4.79 Å². The minimum atomic E-state index is 0.160. The summed E-state index contributed by atoms with van der Waals surface area (Å²) in [6, 6.07) is 4.35. The van der Waals surface area contributed by atoms with Gasteiger partial charge in [0.25, 0.3) is 0 Å². The lowest BCUT2D eigenvalue weighted by atomic mass is 10.1. The molecule has 0 spiro atoms. The second-order valence-electron chi connectivity index (χ2n) is 7.21. The summed E-state index contributed by atoms with van der Waals surface area (Å²) in [5.41, 5.74) is 1.69. The van der Waals surface area contributed by atoms with Crippen molar-refractivity contribution in [3.63, 3.8) is 0 Å². The highest BCUT2D eigenvalue weighted by molar-refractivity contribution is 9.10. The molecule has 2 saturated carbocycles. The largest absolute Gasteiger partial charge is 0.352 e. The van der Waals surface area contributed by atoms with Gasteiger partial charge < -0.3 is 9.80 Å². The van der Waals surface area contributed by atoms with Crippen LogP contribution in [0.2, 0.25) is 0 Å². The number of nitrogens with zero attached hydrogens (tertiary/aromatic N) is 4. The molecule has 1 aliphatic heterocycles. The SMILES string of the molecule is CC1CN(c2nc(C3CC3)c(Br)cc2C#N)CCN1C(=O)C1CC1. The van der Waals surface area contributed by atoms with Gasteiger partial charge in [0, 0.05) is 42.0 Å². The van der Waals surface area contributed by atoms with E-state index in [1.165, 1.54) is 12.8 Å². The summed E-state index contributed by atoms with van der Waals surface area (Å²) in [6.07, 6.45) is 4.45. The van der Waals surface area contributed by atoms with E-state index in [0.29, 0.717) is 17.4 Å². The molecule has 1 saturated heterocycles. The van der Waals surface area contributed by atoms with E-state index in [9.17, 15) is 10.1 Å². The van der Waals surface area contributed by atoms with Gasteiger partial charge in [-0.2, -0.15) is 5.26 Å². The second kappa shape index (κ2) is 6.03. The Bertz CT molecular complexity index is 720. The number of hydrogen-bond donors (Lipinski definition) is 0. The van der Waals surface area contributed by atoms with Crippen molar-refractivity contribution >= 4 is 27.7 Å². The fourth-order valence-electron chi connectivity index (χ4n) is 3.50. The van der Waals surface area contributed by atoms with Crippen molar-refractivity contribution in [2.24, 2.45) is 5.92 Å². The van der Waals surface area contributed by atoms with Gasteiger partial charge in [0.2, 0.25) is 5.91 Å².